The molecule has 1 aromatic carbocycles. The third kappa shape index (κ3) is 4.42. The topological polar surface area (TPSA) is 98.7 Å². The Morgan fingerprint density at radius 2 is 1.65 bits per heavy atom. The number of halogens is 2. The molecule has 1 rings (SSSR count). The Bertz CT molecular complexity index is 616. The highest BCUT2D eigenvalue weighted by molar-refractivity contribution is 6.42. The summed E-state index contributed by atoms with van der Waals surface area (Å²) in [5.41, 5.74) is -1.55. The summed E-state index contributed by atoms with van der Waals surface area (Å²) in [6.07, 6.45) is -2.56. The van der Waals surface area contributed by atoms with Gasteiger partial charge in [-0.3, -0.25) is 0 Å². The number of hydrogen-bond donors (Lipinski definition) is 4. The first-order valence-electron chi connectivity index (χ1n) is 6.84. The van der Waals surface area contributed by atoms with Gasteiger partial charge in [-0.05, 0) is 24.0 Å². The number of nitrogens with one attached hydrogen (secondary N) is 2. The van der Waals surface area contributed by atoms with Gasteiger partial charge in [-0.25, -0.2) is 9.59 Å². The van der Waals surface area contributed by atoms with Crippen molar-refractivity contribution in [1.82, 2.24) is 10.6 Å². The molecule has 0 bridgehead atoms. The van der Waals surface area contributed by atoms with E-state index in [0.29, 0.717) is 5.56 Å². The van der Waals surface area contributed by atoms with Crippen molar-refractivity contribution in [3.8, 4) is 0 Å². The number of carboxylic acid groups (broad SMARTS) is 2. The van der Waals surface area contributed by atoms with Crippen molar-refractivity contribution in [2.24, 2.45) is 5.41 Å². The Balaban J connectivity index is 3.59. The van der Waals surface area contributed by atoms with Gasteiger partial charge < -0.3 is 20.8 Å². The van der Waals surface area contributed by atoms with Gasteiger partial charge in [0.15, 0.2) is 0 Å². The van der Waals surface area contributed by atoms with Crippen molar-refractivity contribution < 1.29 is 19.8 Å². The molecule has 0 saturated heterocycles. The predicted octanol–water partition coefficient (Wildman–Crippen LogP) is 4.16. The molecule has 0 aliphatic carbocycles. The molecule has 0 aliphatic heterocycles. The fourth-order valence-electron chi connectivity index (χ4n) is 2.77. The Kier molecular flexibility index (Phi) is 5.77. The second-order valence-corrected chi connectivity index (χ2v) is 7.27. The third-order valence-electron chi connectivity index (χ3n) is 3.59. The van der Waals surface area contributed by atoms with Gasteiger partial charge in [-0.1, -0.05) is 56.1 Å². The van der Waals surface area contributed by atoms with E-state index in [0.717, 1.165) is 0 Å². The predicted molar refractivity (Wildman–Crippen MR) is 89.4 cm³/mol. The van der Waals surface area contributed by atoms with E-state index < -0.39 is 29.2 Å². The highest BCUT2D eigenvalue weighted by Gasteiger charge is 2.46. The van der Waals surface area contributed by atoms with Crippen molar-refractivity contribution in [3.63, 3.8) is 0 Å². The van der Waals surface area contributed by atoms with Crippen LogP contribution in [0.1, 0.15) is 33.3 Å². The molecule has 0 saturated carbocycles. The fraction of sp³-hybridized carbons (Fsp3) is 0.467. The van der Waals surface area contributed by atoms with E-state index in [1.54, 1.807) is 45.9 Å². The second-order valence-electron chi connectivity index (χ2n) is 6.48. The summed E-state index contributed by atoms with van der Waals surface area (Å²) < 4.78 is 0. The van der Waals surface area contributed by atoms with E-state index in [-0.39, 0.29) is 10.0 Å². The lowest BCUT2D eigenvalue weighted by atomic mass is 9.71. The molecule has 2 unspecified atom stereocenters. The molecule has 8 heteroatoms. The van der Waals surface area contributed by atoms with Crippen LogP contribution in [0.5, 0.6) is 0 Å². The van der Waals surface area contributed by atoms with Crippen molar-refractivity contribution in [2.45, 2.75) is 39.3 Å². The van der Waals surface area contributed by atoms with Gasteiger partial charge in [-0.2, -0.15) is 0 Å². The molecule has 2 amide bonds. The maximum atomic E-state index is 11.3. The minimum absolute atomic E-state index is 0.173. The average molecular weight is 363 g/mol. The molecule has 2 atom stereocenters. The first kappa shape index (κ1) is 19.4. The van der Waals surface area contributed by atoms with Crippen molar-refractivity contribution in [3.05, 3.63) is 33.8 Å². The SMILES string of the molecule is CC(C)(C)C(NC(=O)O)C(C)(NC(=O)O)c1cccc(Cl)c1Cl. The Morgan fingerprint density at radius 1 is 1.09 bits per heavy atom. The summed E-state index contributed by atoms with van der Waals surface area (Å²) in [6.45, 7) is 6.97. The van der Waals surface area contributed by atoms with Gasteiger partial charge in [0.25, 0.3) is 0 Å². The number of hydrogen-bond acceptors (Lipinski definition) is 2. The standard InChI is InChI=1S/C15H20Cl2N2O4/c1-14(2,3)11(18-12(20)21)15(4,19-13(22)23)8-6-5-7-9(16)10(8)17/h5-7,11,18-19H,1-4H3,(H,20,21)(H,22,23). The van der Waals surface area contributed by atoms with Crippen molar-refractivity contribution in [1.29, 1.82) is 0 Å². The lowest BCUT2D eigenvalue weighted by molar-refractivity contribution is 0.116. The van der Waals surface area contributed by atoms with Crippen LogP contribution in [0.15, 0.2) is 18.2 Å². The number of amides is 2. The van der Waals surface area contributed by atoms with Crippen LogP contribution in [-0.4, -0.2) is 28.4 Å². The smallest absolute Gasteiger partial charge is 0.405 e. The zero-order valence-electron chi connectivity index (χ0n) is 13.3. The van der Waals surface area contributed by atoms with E-state index in [9.17, 15) is 19.8 Å². The molecular formula is C15H20Cl2N2O4. The van der Waals surface area contributed by atoms with E-state index in [1.807, 2.05) is 0 Å². The van der Waals surface area contributed by atoms with Crippen LogP contribution >= 0.6 is 23.2 Å². The molecule has 128 valence electrons. The molecule has 4 N–H and O–H groups in total. The average Bonchev–Trinajstić information content (AvgIpc) is 2.36. The molecule has 1 aromatic rings. The number of rotatable bonds is 4. The van der Waals surface area contributed by atoms with Gasteiger partial charge in [0.2, 0.25) is 0 Å². The van der Waals surface area contributed by atoms with Gasteiger partial charge in [-0.15, -0.1) is 0 Å². The van der Waals surface area contributed by atoms with E-state index in [4.69, 9.17) is 23.2 Å². The minimum atomic E-state index is -1.33. The lowest BCUT2D eigenvalue weighted by Crippen LogP contribution is -2.62. The van der Waals surface area contributed by atoms with Crippen LogP contribution in [0.2, 0.25) is 10.0 Å². The Morgan fingerprint density at radius 3 is 2.09 bits per heavy atom. The number of benzene rings is 1. The quantitative estimate of drug-likeness (QED) is 0.646. The molecule has 0 spiro atoms. The minimum Gasteiger partial charge on any atom is -0.465 e. The maximum Gasteiger partial charge on any atom is 0.405 e. The van der Waals surface area contributed by atoms with E-state index in [2.05, 4.69) is 10.6 Å². The molecule has 0 heterocycles. The van der Waals surface area contributed by atoms with Crippen LogP contribution in [0.25, 0.3) is 0 Å². The molecule has 6 nitrogen and oxygen atoms in total. The summed E-state index contributed by atoms with van der Waals surface area (Å²) in [4.78, 5) is 22.6. The van der Waals surface area contributed by atoms with Crippen LogP contribution < -0.4 is 10.6 Å². The van der Waals surface area contributed by atoms with Gasteiger partial charge in [0.05, 0.1) is 21.6 Å². The van der Waals surface area contributed by atoms with Crippen molar-refractivity contribution >= 4 is 35.4 Å². The van der Waals surface area contributed by atoms with Crippen LogP contribution in [-0.2, 0) is 5.54 Å². The molecule has 23 heavy (non-hydrogen) atoms. The zero-order valence-corrected chi connectivity index (χ0v) is 14.8. The molecule has 0 aliphatic rings. The van der Waals surface area contributed by atoms with Crippen LogP contribution in [0, 0.1) is 5.41 Å². The van der Waals surface area contributed by atoms with Gasteiger partial charge in [0.1, 0.15) is 0 Å². The molecule has 0 fully saturated rings. The first-order chi connectivity index (χ1) is 10.4. The summed E-state index contributed by atoms with van der Waals surface area (Å²) in [5.74, 6) is 0. The molecule has 0 aromatic heterocycles. The van der Waals surface area contributed by atoms with Gasteiger partial charge >= 0.3 is 12.2 Å². The van der Waals surface area contributed by atoms with Crippen LogP contribution in [0.4, 0.5) is 9.59 Å². The molecule has 0 radical (unpaired) electrons. The third-order valence-corrected chi connectivity index (χ3v) is 4.41. The Hall–Kier alpha value is -1.66. The highest BCUT2D eigenvalue weighted by Crippen LogP contribution is 2.40. The van der Waals surface area contributed by atoms with E-state index >= 15 is 0 Å². The van der Waals surface area contributed by atoms with Crippen LogP contribution in [0.3, 0.4) is 0 Å². The maximum absolute atomic E-state index is 11.3. The summed E-state index contributed by atoms with van der Waals surface area (Å²) in [5, 5.41) is 23.7. The zero-order chi connectivity index (χ0) is 18.0. The fourth-order valence-corrected chi connectivity index (χ4v) is 3.27. The second kappa shape index (κ2) is 6.84. The van der Waals surface area contributed by atoms with E-state index in [1.165, 1.54) is 0 Å². The van der Waals surface area contributed by atoms with Gasteiger partial charge in [0, 0.05) is 0 Å². The normalized spacial score (nSPS) is 15.4. The highest BCUT2D eigenvalue weighted by atomic mass is 35.5. The van der Waals surface area contributed by atoms with Crippen molar-refractivity contribution in [2.75, 3.05) is 0 Å². The number of carbonyl (C=O) groups is 2. The monoisotopic (exact) mass is 362 g/mol. The summed E-state index contributed by atoms with van der Waals surface area (Å²) in [6, 6.07) is 4.02. The largest absolute Gasteiger partial charge is 0.465 e. The molecular weight excluding hydrogens is 343 g/mol. The Labute approximate surface area is 144 Å². The summed E-state index contributed by atoms with van der Waals surface area (Å²) in [7, 11) is 0. The lowest BCUT2D eigenvalue weighted by Gasteiger charge is -2.45. The first-order valence-corrected chi connectivity index (χ1v) is 7.60. The summed E-state index contributed by atoms with van der Waals surface area (Å²) >= 11 is 12.3.